The SMILES string of the molecule is Cc1ccc(S(=O)(=O)N[C@H](Cc2ccccc2)C(=O)Nc2cccc([C@H]3O[C@@H](Cn4cnc5ccccc54)[C@@H](C)[C@@H](c4ccc(CO)cc4)O3)c2)cc1. The summed E-state index contributed by atoms with van der Waals surface area (Å²) < 4.78 is 45.0. The van der Waals surface area contributed by atoms with Gasteiger partial charge in [-0.3, -0.25) is 4.79 Å². The smallest absolute Gasteiger partial charge is 0.242 e. The van der Waals surface area contributed by atoms with Gasteiger partial charge in [0.25, 0.3) is 0 Å². The van der Waals surface area contributed by atoms with Crippen LogP contribution < -0.4 is 10.0 Å². The molecule has 1 fully saturated rings. The first kappa shape index (κ1) is 36.2. The molecule has 1 aliphatic rings. The number of rotatable bonds is 12. The van der Waals surface area contributed by atoms with Crippen molar-refractivity contribution in [1.82, 2.24) is 14.3 Å². The van der Waals surface area contributed by atoms with Gasteiger partial charge >= 0.3 is 0 Å². The zero-order valence-electron chi connectivity index (χ0n) is 29.5. The number of imidazole rings is 1. The first-order valence-electron chi connectivity index (χ1n) is 17.6. The molecular weight excluding hydrogens is 689 g/mol. The van der Waals surface area contributed by atoms with E-state index in [9.17, 15) is 18.3 Å². The van der Waals surface area contributed by atoms with Gasteiger partial charge in [-0.25, -0.2) is 13.4 Å². The zero-order valence-corrected chi connectivity index (χ0v) is 30.3. The third-order valence-corrected chi connectivity index (χ3v) is 11.2. The van der Waals surface area contributed by atoms with Gasteiger partial charge in [-0.2, -0.15) is 4.72 Å². The van der Waals surface area contributed by atoms with Crippen LogP contribution in [0.3, 0.4) is 0 Å². The average Bonchev–Trinajstić information content (AvgIpc) is 3.58. The Morgan fingerprint density at radius 3 is 2.34 bits per heavy atom. The summed E-state index contributed by atoms with van der Waals surface area (Å²) in [7, 11) is -4.01. The number of ether oxygens (including phenoxy) is 2. The molecule has 1 aromatic heterocycles. The molecule has 1 saturated heterocycles. The fourth-order valence-electron chi connectivity index (χ4n) is 6.68. The van der Waals surface area contributed by atoms with E-state index in [0.29, 0.717) is 17.8 Å². The topological polar surface area (TPSA) is 132 Å². The minimum Gasteiger partial charge on any atom is -0.392 e. The van der Waals surface area contributed by atoms with Crippen LogP contribution in [0.5, 0.6) is 0 Å². The predicted octanol–water partition coefficient (Wildman–Crippen LogP) is 6.86. The second-order valence-corrected chi connectivity index (χ2v) is 15.2. The molecule has 10 nitrogen and oxygen atoms in total. The maximum absolute atomic E-state index is 13.9. The summed E-state index contributed by atoms with van der Waals surface area (Å²) in [6.45, 7) is 4.46. The Balaban J connectivity index is 1.15. The van der Waals surface area contributed by atoms with Crippen LogP contribution in [-0.4, -0.2) is 41.1 Å². The van der Waals surface area contributed by atoms with Crippen molar-refractivity contribution < 1.29 is 27.8 Å². The van der Waals surface area contributed by atoms with Crippen LogP contribution in [0.1, 0.15) is 47.1 Å². The fourth-order valence-corrected chi connectivity index (χ4v) is 7.88. The maximum atomic E-state index is 13.9. The first-order valence-corrected chi connectivity index (χ1v) is 19.1. The van der Waals surface area contributed by atoms with Crippen molar-refractivity contribution in [3.8, 4) is 0 Å². The molecule has 0 bridgehead atoms. The third kappa shape index (κ3) is 8.40. The van der Waals surface area contributed by atoms with Crippen molar-refractivity contribution >= 4 is 32.7 Å². The van der Waals surface area contributed by atoms with Gasteiger partial charge in [-0.05, 0) is 66.4 Å². The van der Waals surface area contributed by atoms with Gasteiger partial charge in [-0.1, -0.05) is 103 Å². The number of carbonyl (C=O) groups excluding carboxylic acids is 1. The van der Waals surface area contributed by atoms with E-state index in [4.69, 9.17) is 9.47 Å². The number of anilines is 1. The number of nitrogens with one attached hydrogen (secondary N) is 2. The molecule has 1 amide bonds. The number of amides is 1. The van der Waals surface area contributed by atoms with Gasteiger partial charge in [0.2, 0.25) is 15.9 Å². The normalized spacial score (nSPS) is 19.5. The third-order valence-electron chi connectivity index (χ3n) is 9.68. The second-order valence-electron chi connectivity index (χ2n) is 13.5. The van der Waals surface area contributed by atoms with Crippen molar-refractivity contribution in [2.75, 3.05) is 5.32 Å². The van der Waals surface area contributed by atoms with Crippen LogP contribution in [0, 0.1) is 12.8 Å². The van der Waals surface area contributed by atoms with E-state index in [1.54, 1.807) is 24.3 Å². The van der Waals surface area contributed by atoms with Crippen molar-refractivity contribution in [2.24, 2.45) is 5.92 Å². The number of nitrogens with zero attached hydrogens (tertiary/aromatic N) is 2. The van der Waals surface area contributed by atoms with Gasteiger partial charge in [0.1, 0.15) is 6.04 Å². The number of hydrogen-bond acceptors (Lipinski definition) is 7. The average molecular weight is 731 g/mol. The number of sulfonamides is 1. The Morgan fingerprint density at radius 2 is 1.58 bits per heavy atom. The van der Waals surface area contributed by atoms with Crippen molar-refractivity contribution in [1.29, 1.82) is 0 Å². The predicted molar refractivity (Wildman–Crippen MR) is 203 cm³/mol. The molecule has 1 aliphatic heterocycles. The molecule has 6 aromatic rings. The monoisotopic (exact) mass is 730 g/mol. The molecule has 53 heavy (non-hydrogen) atoms. The Kier molecular flexibility index (Phi) is 10.8. The van der Waals surface area contributed by atoms with Gasteiger partial charge in [-0.15, -0.1) is 0 Å². The molecule has 3 N–H and O–H groups in total. The lowest BCUT2D eigenvalue weighted by molar-refractivity contribution is -0.276. The highest BCUT2D eigenvalue weighted by Crippen LogP contribution is 2.42. The highest BCUT2D eigenvalue weighted by atomic mass is 32.2. The molecule has 0 aliphatic carbocycles. The summed E-state index contributed by atoms with van der Waals surface area (Å²) in [4.78, 5) is 18.6. The van der Waals surface area contributed by atoms with E-state index in [2.05, 4.69) is 26.5 Å². The van der Waals surface area contributed by atoms with E-state index in [0.717, 1.165) is 33.3 Å². The van der Waals surface area contributed by atoms with Crippen LogP contribution in [0.2, 0.25) is 0 Å². The zero-order chi connectivity index (χ0) is 37.0. The van der Waals surface area contributed by atoms with Crippen LogP contribution >= 0.6 is 0 Å². The number of aliphatic hydroxyl groups is 1. The number of aliphatic hydroxyl groups excluding tert-OH is 1. The number of carbonyl (C=O) groups is 1. The van der Waals surface area contributed by atoms with Crippen molar-refractivity contribution in [3.63, 3.8) is 0 Å². The maximum Gasteiger partial charge on any atom is 0.242 e. The highest BCUT2D eigenvalue weighted by Gasteiger charge is 2.39. The van der Waals surface area contributed by atoms with E-state index < -0.39 is 28.3 Å². The van der Waals surface area contributed by atoms with Gasteiger partial charge in [0, 0.05) is 17.2 Å². The Bertz CT molecular complexity index is 2280. The summed E-state index contributed by atoms with van der Waals surface area (Å²) in [5.41, 5.74) is 6.55. The lowest BCUT2D eigenvalue weighted by atomic mass is 9.90. The summed E-state index contributed by atoms with van der Waals surface area (Å²) in [6, 6.07) is 37.6. The molecule has 0 unspecified atom stereocenters. The Labute approximate surface area is 309 Å². The van der Waals surface area contributed by atoms with Crippen LogP contribution in [0.25, 0.3) is 11.0 Å². The molecule has 5 atom stereocenters. The van der Waals surface area contributed by atoms with Gasteiger partial charge in [0.15, 0.2) is 6.29 Å². The number of benzene rings is 5. The number of fused-ring (bicyclic) bond motifs is 1. The minimum absolute atomic E-state index is 0.0540. The number of para-hydroxylation sites is 2. The van der Waals surface area contributed by atoms with E-state index in [1.807, 2.05) is 104 Å². The molecule has 0 radical (unpaired) electrons. The van der Waals surface area contributed by atoms with E-state index in [-0.39, 0.29) is 36.0 Å². The molecule has 2 heterocycles. The lowest BCUT2D eigenvalue weighted by Gasteiger charge is -2.41. The number of aromatic nitrogens is 2. The van der Waals surface area contributed by atoms with Crippen molar-refractivity contribution in [3.05, 3.63) is 162 Å². The highest BCUT2D eigenvalue weighted by molar-refractivity contribution is 7.89. The molecular formula is C42H42N4O6S. The van der Waals surface area contributed by atoms with Crippen LogP contribution in [-0.2, 0) is 43.9 Å². The van der Waals surface area contributed by atoms with Gasteiger partial charge < -0.3 is 24.5 Å². The molecule has 0 spiro atoms. The number of aryl methyl sites for hydroxylation is 1. The summed E-state index contributed by atoms with van der Waals surface area (Å²) in [6.07, 6.45) is 0.562. The molecule has 0 saturated carbocycles. The lowest BCUT2D eigenvalue weighted by Crippen LogP contribution is -2.45. The standard InChI is InChI=1S/C42H42N4O6S/c1-28-15-21-35(22-16-28)53(49,50)45-37(23-30-9-4-3-5-10-30)41(48)44-34-12-8-11-33(24-34)42-51-39(25-46-27-43-36-13-6-7-14-38(36)46)29(2)40(52-42)32-19-17-31(26-47)18-20-32/h3-22,24,27,29,37,39-40,42,45,47H,23,25-26H2,1-2H3,(H,44,48)/t29-,37-,39+,40+,42+/m1/s1. The fraction of sp³-hybridized carbons (Fsp3) is 0.238. The van der Waals surface area contributed by atoms with E-state index in [1.165, 1.54) is 12.1 Å². The van der Waals surface area contributed by atoms with Crippen LogP contribution in [0.15, 0.2) is 139 Å². The largest absolute Gasteiger partial charge is 0.392 e. The molecule has 272 valence electrons. The van der Waals surface area contributed by atoms with E-state index >= 15 is 0 Å². The minimum atomic E-state index is -4.01. The van der Waals surface area contributed by atoms with Crippen molar-refractivity contribution in [2.45, 2.75) is 62.9 Å². The van der Waals surface area contributed by atoms with Crippen LogP contribution in [0.4, 0.5) is 5.69 Å². The first-order chi connectivity index (χ1) is 25.7. The summed E-state index contributed by atoms with van der Waals surface area (Å²) in [5, 5.41) is 12.6. The number of hydrogen-bond donors (Lipinski definition) is 3. The quantitative estimate of drug-likeness (QED) is 0.125. The Morgan fingerprint density at radius 1 is 0.849 bits per heavy atom. The second kappa shape index (κ2) is 15.8. The molecule has 7 rings (SSSR count). The summed E-state index contributed by atoms with van der Waals surface area (Å²) >= 11 is 0. The Hall–Kier alpha value is -5.17. The van der Waals surface area contributed by atoms with Gasteiger partial charge in [0.05, 0.1) is 47.6 Å². The molecule has 11 heteroatoms. The summed E-state index contributed by atoms with van der Waals surface area (Å²) in [5.74, 6) is -0.567. The molecule has 5 aromatic carbocycles.